The van der Waals surface area contributed by atoms with Gasteiger partial charge in [0.1, 0.15) is 0 Å². The van der Waals surface area contributed by atoms with Crippen LogP contribution in [-0.2, 0) is 30.6 Å². The zero-order valence-corrected chi connectivity index (χ0v) is 20.5. The van der Waals surface area contributed by atoms with E-state index >= 15 is 0 Å². The molecule has 0 fully saturated rings. The molecule has 1 heterocycles. The zero-order chi connectivity index (χ0) is 24.3. The van der Waals surface area contributed by atoms with Gasteiger partial charge in [0.2, 0.25) is 5.91 Å². The highest BCUT2D eigenvalue weighted by atomic mass is 16.1. The molecule has 4 rings (SSSR count). The minimum absolute atomic E-state index is 0.0943. The highest BCUT2D eigenvalue weighted by Crippen LogP contribution is 2.21. The number of likely N-dealkylation sites (N-methyl/N-ethyl adjacent to an activating group) is 1. The lowest BCUT2D eigenvalue weighted by Gasteiger charge is -2.06. The van der Waals surface area contributed by atoms with Crippen molar-refractivity contribution >= 4 is 22.9 Å². The van der Waals surface area contributed by atoms with E-state index in [0.29, 0.717) is 0 Å². The second kappa shape index (κ2) is 12.7. The van der Waals surface area contributed by atoms with Crippen molar-refractivity contribution in [2.24, 2.45) is 0 Å². The van der Waals surface area contributed by atoms with Gasteiger partial charge in [-0.25, -0.2) is 0 Å². The molecule has 4 heteroatoms. The first kappa shape index (κ1) is 24.5. The summed E-state index contributed by atoms with van der Waals surface area (Å²) in [5.74, 6) is -0.0943. The molecular formula is C31H35N3O. The Morgan fingerprint density at radius 2 is 1.60 bits per heavy atom. The molecule has 3 N–H and O–H groups in total. The number of amides is 1. The molecule has 4 aromatic rings. The van der Waals surface area contributed by atoms with Crippen LogP contribution in [0.1, 0.15) is 40.7 Å². The summed E-state index contributed by atoms with van der Waals surface area (Å²) >= 11 is 0. The smallest absolute Gasteiger partial charge is 0.243 e. The van der Waals surface area contributed by atoms with Gasteiger partial charge >= 0.3 is 0 Å². The van der Waals surface area contributed by atoms with E-state index in [4.69, 9.17) is 0 Å². The van der Waals surface area contributed by atoms with Crippen LogP contribution in [0.4, 0.5) is 0 Å². The fraction of sp³-hybridized carbons (Fsp3) is 0.258. The number of hydrogen-bond donors (Lipinski definition) is 3. The third-order valence-corrected chi connectivity index (χ3v) is 6.41. The van der Waals surface area contributed by atoms with Crippen LogP contribution in [-0.4, -0.2) is 24.5 Å². The Kier molecular flexibility index (Phi) is 8.91. The van der Waals surface area contributed by atoms with Gasteiger partial charge in [-0.3, -0.25) is 4.79 Å². The van der Waals surface area contributed by atoms with E-state index in [-0.39, 0.29) is 5.91 Å². The molecule has 0 bridgehead atoms. The van der Waals surface area contributed by atoms with Crippen LogP contribution in [0.15, 0.2) is 85.1 Å². The number of carbonyl (C=O) groups excluding carboxylic acids is 1. The van der Waals surface area contributed by atoms with E-state index in [1.54, 1.807) is 13.1 Å². The van der Waals surface area contributed by atoms with Crippen LogP contribution in [0, 0.1) is 0 Å². The van der Waals surface area contributed by atoms with Crippen LogP contribution in [0.3, 0.4) is 0 Å². The molecule has 1 amide bonds. The summed E-state index contributed by atoms with van der Waals surface area (Å²) in [6.07, 6.45) is 11.2. The van der Waals surface area contributed by atoms with Gasteiger partial charge in [0.25, 0.3) is 0 Å². The number of aromatic nitrogens is 1. The first-order valence-electron chi connectivity index (χ1n) is 12.5. The Morgan fingerprint density at radius 3 is 2.37 bits per heavy atom. The normalized spacial score (nSPS) is 11.3. The number of rotatable bonds is 12. The van der Waals surface area contributed by atoms with Gasteiger partial charge in [-0.05, 0) is 84.7 Å². The molecule has 0 spiro atoms. The number of unbranched alkanes of at least 4 members (excludes halogenated alkanes) is 1. The highest BCUT2D eigenvalue weighted by Gasteiger charge is 2.05. The lowest BCUT2D eigenvalue weighted by atomic mass is 10.0. The average Bonchev–Trinajstić information content (AvgIpc) is 3.31. The second-order valence-corrected chi connectivity index (χ2v) is 9.00. The first-order valence-corrected chi connectivity index (χ1v) is 12.5. The quantitative estimate of drug-likeness (QED) is 0.182. The van der Waals surface area contributed by atoms with Gasteiger partial charge in [-0.1, -0.05) is 60.7 Å². The molecule has 0 aliphatic heterocycles. The molecule has 0 unspecified atom stereocenters. The minimum atomic E-state index is -0.0943. The summed E-state index contributed by atoms with van der Waals surface area (Å²) in [7, 11) is 1.63. The average molecular weight is 466 g/mol. The van der Waals surface area contributed by atoms with Crippen molar-refractivity contribution in [2.75, 3.05) is 13.6 Å². The second-order valence-electron chi connectivity index (χ2n) is 9.00. The van der Waals surface area contributed by atoms with E-state index in [9.17, 15) is 4.79 Å². The Labute approximate surface area is 208 Å². The Morgan fingerprint density at radius 1 is 0.857 bits per heavy atom. The predicted molar refractivity (Wildman–Crippen MR) is 146 cm³/mol. The molecule has 4 nitrogen and oxygen atoms in total. The molecule has 0 radical (unpaired) electrons. The van der Waals surface area contributed by atoms with Crippen molar-refractivity contribution in [3.63, 3.8) is 0 Å². The molecule has 3 aromatic carbocycles. The molecule has 180 valence electrons. The number of benzene rings is 3. The summed E-state index contributed by atoms with van der Waals surface area (Å²) in [6, 6.07) is 25.9. The van der Waals surface area contributed by atoms with Crippen molar-refractivity contribution in [1.82, 2.24) is 15.6 Å². The van der Waals surface area contributed by atoms with Crippen molar-refractivity contribution in [3.05, 3.63) is 113 Å². The third kappa shape index (κ3) is 7.43. The lowest BCUT2D eigenvalue weighted by molar-refractivity contribution is -0.115. The molecular weight excluding hydrogens is 430 g/mol. The van der Waals surface area contributed by atoms with Crippen LogP contribution >= 0.6 is 0 Å². The topological polar surface area (TPSA) is 56.9 Å². The maximum Gasteiger partial charge on any atom is 0.243 e. The van der Waals surface area contributed by atoms with E-state index < -0.39 is 0 Å². The number of aryl methyl sites for hydroxylation is 2. The maximum absolute atomic E-state index is 11.3. The summed E-state index contributed by atoms with van der Waals surface area (Å²) in [6.45, 7) is 1.75. The fourth-order valence-corrected chi connectivity index (χ4v) is 4.35. The molecule has 0 aliphatic carbocycles. The number of aromatic amines is 1. The van der Waals surface area contributed by atoms with Crippen LogP contribution in [0.25, 0.3) is 17.0 Å². The van der Waals surface area contributed by atoms with Crippen molar-refractivity contribution in [1.29, 1.82) is 0 Å². The SMILES string of the molecule is CNC(=O)/C=C/c1ccc(CNCCc2c[nH]c3ccc(CCCCc4ccccc4)cc23)cc1. The van der Waals surface area contributed by atoms with Gasteiger partial charge < -0.3 is 15.6 Å². The minimum Gasteiger partial charge on any atom is -0.361 e. The Hall–Kier alpha value is -3.63. The number of hydrogen-bond acceptors (Lipinski definition) is 2. The summed E-state index contributed by atoms with van der Waals surface area (Å²) in [4.78, 5) is 14.8. The zero-order valence-electron chi connectivity index (χ0n) is 20.5. The van der Waals surface area contributed by atoms with Crippen LogP contribution in [0.2, 0.25) is 0 Å². The van der Waals surface area contributed by atoms with E-state index in [1.807, 2.05) is 18.2 Å². The number of nitrogens with one attached hydrogen (secondary N) is 3. The van der Waals surface area contributed by atoms with Crippen LogP contribution < -0.4 is 10.6 Å². The molecule has 35 heavy (non-hydrogen) atoms. The molecule has 0 atom stereocenters. The summed E-state index contributed by atoms with van der Waals surface area (Å²) in [5.41, 5.74) is 7.69. The van der Waals surface area contributed by atoms with Crippen molar-refractivity contribution in [3.8, 4) is 0 Å². The Balaban J connectivity index is 1.23. The molecule has 0 aliphatic rings. The van der Waals surface area contributed by atoms with Gasteiger partial charge in [0.05, 0.1) is 0 Å². The van der Waals surface area contributed by atoms with Gasteiger partial charge in [0.15, 0.2) is 0 Å². The van der Waals surface area contributed by atoms with Crippen molar-refractivity contribution < 1.29 is 4.79 Å². The summed E-state index contributed by atoms with van der Waals surface area (Å²) < 4.78 is 0. The van der Waals surface area contributed by atoms with E-state index in [1.165, 1.54) is 46.0 Å². The lowest BCUT2D eigenvalue weighted by Crippen LogP contribution is -2.16. The number of fused-ring (bicyclic) bond motifs is 1. The van der Waals surface area contributed by atoms with E-state index in [2.05, 4.69) is 82.5 Å². The Bertz CT molecular complexity index is 1240. The highest BCUT2D eigenvalue weighted by molar-refractivity contribution is 5.91. The predicted octanol–water partition coefficient (Wildman–Crippen LogP) is 5.82. The maximum atomic E-state index is 11.3. The third-order valence-electron chi connectivity index (χ3n) is 6.41. The van der Waals surface area contributed by atoms with Gasteiger partial charge in [-0.2, -0.15) is 0 Å². The van der Waals surface area contributed by atoms with E-state index in [0.717, 1.165) is 37.9 Å². The van der Waals surface area contributed by atoms with Gasteiger partial charge in [0, 0.05) is 36.8 Å². The van der Waals surface area contributed by atoms with Crippen molar-refractivity contribution in [2.45, 2.75) is 38.6 Å². The fourth-order valence-electron chi connectivity index (χ4n) is 4.35. The standard InChI is InChI=1S/C31H35N3O/c1-32-31(35)18-16-25-11-13-27(14-12-25)22-33-20-19-28-23-34-30-17-15-26(21-29(28)30)10-6-5-9-24-7-3-2-4-8-24/h2-4,7-8,11-18,21,23,33-34H,5-6,9-10,19-20,22H2,1H3,(H,32,35)/b18-16+. The van der Waals surface area contributed by atoms with Gasteiger partial charge in [-0.15, -0.1) is 0 Å². The molecule has 0 saturated heterocycles. The number of carbonyl (C=O) groups is 1. The molecule has 1 aromatic heterocycles. The number of H-pyrrole nitrogens is 1. The first-order chi connectivity index (χ1) is 17.2. The van der Waals surface area contributed by atoms with Crippen LogP contribution in [0.5, 0.6) is 0 Å². The summed E-state index contributed by atoms with van der Waals surface area (Å²) in [5, 5.41) is 7.49. The monoisotopic (exact) mass is 465 g/mol. The molecule has 0 saturated carbocycles. The largest absolute Gasteiger partial charge is 0.361 e.